The third-order valence-corrected chi connectivity index (χ3v) is 7.20. The maximum Gasteiger partial charge on any atom is 0.142 e. The van der Waals surface area contributed by atoms with Crippen molar-refractivity contribution >= 4 is 34.1 Å². The fourth-order valence-electron chi connectivity index (χ4n) is 4.44. The van der Waals surface area contributed by atoms with E-state index >= 15 is 0 Å². The van der Waals surface area contributed by atoms with Crippen LogP contribution in [0.1, 0.15) is 27.8 Å². The zero-order chi connectivity index (χ0) is 32.8. The van der Waals surface area contributed by atoms with Crippen molar-refractivity contribution in [3.05, 3.63) is 131 Å². The summed E-state index contributed by atoms with van der Waals surface area (Å²) in [6.07, 6.45) is 1.75. The van der Waals surface area contributed by atoms with E-state index < -0.39 is 0 Å². The largest absolute Gasteiger partial charge is 0.495 e. The highest BCUT2D eigenvalue weighted by atomic mass is 16.5. The molecular formula is C37H46N6O2. The Morgan fingerprint density at radius 1 is 0.489 bits per heavy atom. The van der Waals surface area contributed by atoms with Crippen molar-refractivity contribution in [3.63, 3.8) is 0 Å². The van der Waals surface area contributed by atoms with E-state index in [4.69, 9.17) is 32.4 Å². The molecule has 8 heteroatoms. The third-order valence-electron chi connectivity index (χ3n) is 7.20. The Bertz CT molecular complexity index is 1540. The number of ether oxygens (including phenoxy) is 2. The molecule has 0 atom stereocenters. The van der Waals surface area contributed by atoms with E-state index in [0.29, 0.717) is 22.9 Å². The number of hydrogen-bond acceptors (Lipinski definition) is 8. The van der Waals surface area contributed by atoms with Gasteiger partial charge in [-0.2, -0.15) is 0 Å². The number of rotatable bonds is 8. The van der Waals surface area contributed by atoms with Gasteiger partial charge in [0.1, 0.15) is 11.5 Å². The average molecular weight is 607 g/mol. The molecule has 0 fully saturated rings. The van der Waals surface area contributed by atoms with Gasteiger partial charge in [0.2, 0.25) is 0 Å². The lowest BCUT2D eigenvalue weighted by atomic mass is 10.0. The number of hydrogen-bond donors (Lipinski definition) is 6. The minimum absolute atomic E-state index is 0.640. The first-order chi connectivity index (χ1) is 21.6. The van der Waals surface area contributed by atoms with Crippen LogP contribution >= 0.6 is 0 Å². The Kier molecular flexibility index (Phi) is 12.8. The molecule has 10 N–H and O–H groups in total. The third kappa shape index (κ3) is 10.6. The number of nitrogens with two attached hydrogens (primary N) is 4. The summed E-state index contributed by atoms with van der Waals surface area (Å²) in [6, 6.07) is 34.2. The molecule has 0 aliphatic carbocycles. The van der Waals surface area contributed by atoms with Crippen molar-refractivity contribution in [3.8, 4) is 11.5 Å². The van der Waals surface area contributed by atoms with Gasteiger partial charge in [0, 0.05) is 36.8 Å². The second-order valence-corrected chi connectivity index (χ2v) is 10.5. The van der Waals surface area contributed by atoms with Crippen molar-refractivity contribution in [1.29, 1.82) is 0 Å². The number of nitrogens with one attached hydrogen (secondary N) is 2. The topological polar surface area (TPSA) is 147 Å². The lowest BCUT2D eigenvalue weighted by molar-refractivity contribution is 0.416. The molecule has 0 heterocycles. The molecule has 0 aliphatic rings. The van der Waals surface area contributed by atoms with E-state index in [1.54, 1.807) is 20.3 Å². The normalized spacial score (nSPS) is 9.98. The SMILES string of the molecule is CNc1ccc(Cc2ccc(NC)cc2)cc1.COc1cc(Cc2ccc(N)c(OC)c2)ccc1N.Cc1ccc(N)cc1N. The molecule has 0 saturated carbocycles. The Balaban J connectivity index is 0.000000195. The molecule has 0 radical (unpaired) electrons. The number of nitrogen functional groups attached to an aromatic ring is 4. The Hall–Kier alpha value is -5.50. The number of benzene rings is 5. The molecule has 0 bridgehead atoms. The van der Waals surface area contributed by atoms with E-state index in [0.717, 1.165) is 52.3 Å². The first-order valence-corrected chi connectivity index (χ1v) is 14.7. The molecule has 0 amide bonds. The maximum atomic E-state index is 5.80. The van der Waals surface area contributed by atoms with Gasteiger partial charge in [-0.05, 0) is 108 Å². The zero-order valence-corrected chi connectivity index (χ0v) is 26.9. The molecule has 236 valence electrons. The van der Waals surface area contributed by atoms with Crippen molar-refractivity contribution in [2.75, 3.05) is 61.9 Å². The number of methoxy groups -OCH3 is 2. The Labute approximate surface area is 267 Å². The fourth-order valence-corrected chi connectivity index (χ4v) is 4.44. The van der Waals surface area contributed by atoms with E-state index in [1.165, 1.54) is 11.1 Å². The smallest absolute Gasteiger partial charge is 0.142 e. The quantitative estimate of drug-likeness (QED) is 0.104. The summed E-state index contributed by atoms with van der Waals surface area (Å²) in [6.45, 7) is 1.95. The van der Waals surface area contributed by atoms with Crippen molar-refractivity contribution in [2.45, 2.75) is 19.8 Å². The van der Waals surface area contributed by atoms with Crippen LogP contribution in [-0.4, -0.2) is 28.3 Å². The summed E-state index contributed by atoms with van der Waals surface area (Å²) in [5.74, 6) is 1.39. The minimum Gasteiger partial charge on any atom is -0.495 e. The van der Waals surface area contributed by atoms with Gasteiger partial charge in [-0.1, -0.05) is 42.5 Å². The summed E-state index contributed by atoms with van der Waals surface area (Å²) in [7, 11) is 7.10. The molecule has 0 unspecified atom stereocenters. The molecule has 0 aromatic heterocycles. The molecule has 8 nitrogen and oxygen atoms in total. The molecule has 45 heavy (non-hydrogen) atoms. The minimum atomic E-state index is 0.640. The van der Waals surface area contributed by atoms with Crippen molar-refractivity contribution < 1.29 is 9.47 Å². The average Bonchev–Trinajstić information content (AvgIpc) is 3.06. The molecule has 5 aromatic carbocycles. The molecular weight excluding hydrogens is 560 g/mol. The summed E-state index contributed by atoms with van der Waals surface area (Å²) >= 11 is 0. The fraction of sp³-hybridized carbons (Fsp3) is 0.189. The monoisotopic (exact) mass is 606 g/mol. The van der Waals surface area contributed by atoms with Gasteiger partial charge in [0.25, 0.3) is 0 Å². The second-order valence-electron chi connectivity index (χ2n) is 10.5. The molecule has 0 aliphatic heterocycles. The van der Waals surface area contributed by atoms with Gasteiger partial charge >= 0.3 is 0 Å². The van der Waals surface area contributed by atoms with Crippen molar-refractivity contribution in [1.82, 2.24) is 0 Å². The summed E-state index contributed by atoms with van der Waals surface area (Å²) < 4.78 is 10.4. The van der Waals surface area contributed by atoms with Crippen LogP contribution in [0.5, 0.6) is 11.5 Å². The highest BCUT2D eigenvalue weighted by Gasteiger charge is 2.05. The summed E-state index contributed by atoms with van der Waals surface area (Å²) in [5.41, 5.74) is 33.6. The van der Waals surface area contributed by atoms with Crippen LogP contribution in [0, 0.1) is 6.92 Å². The molecule has 5 rings (SSSR count). The first kappa shape index (κ1) is 34.0. The summed E-state index contributed by atoms with van der Waals surface area (Å²) in [5, 5.41) is 6.25. The highest BCUT2D eigenvalue weighted by Crippen LogP contribution is 2.27. The van der Waals surface area contributed by atoms with Gasteiger partial charge in [-0.25, -0.2) is 0 Å². The highest BCUT2D eigenvalue weighted by molar-refractivity contribution is 5.57. The van der Waals surface area contributed by atoms with Gasteiger partial charge in [-0.3, -0.25) is 0 Å². The summed E-state index contributed by atoms with van der Waals surface area (Å²) in [4.78, 5) is 0. The lowest BCUT2D eigenvalue weighted by Crippen LogP contribution is -1.97. The van der Waals surface area contributed by atoms with Crippen LogP contribution < -0.4 is 43.0 Å². The molecule has 5 aromatic rings. The van der Waals surface area contributed by atoms with E-state index in [9.17, 15) is 0 Å². The van der Waals surface area contributed by atoms with Crippen LogP contribution in [0.3, 0.4) is 0 Å². The van der Waals surface area contributed by atoms with E-state index in [-0.39, 0.29) is 0 Å². The standard InChI is InChI=1S/C15H18N2O2.C15H18N2.C7H10N2/c1-18-14-8-10(3-5-12(14)16)7-11-4-6-13(17)15(9-11)19-2;1-16-14-7-3-12(4-8-14)11-13-5-9-15(17-2)10-6-13;1-5-2-3-6(8)4-7(5)9/h3-6,8-9H,7,16-17H2,1-2H3;3-10,16-17H,11H2,1-2H3;2-4H,8-9H2,1H3. The maximum absolute atomic E-state index is 5.80. The second kappa shape index (κ2) is 17.0. The lowest BCUT2D eigenvalue weighted by Gasteiger charge is -2.09. The zero-order valence-electron chi connectivity index (χ0n) is 26.9. The van der Waals surface area contributed by atoms with Crippen LogP contribution in [0.4, 0.5) is 34.1 Å². The van der Waals surface area contributed by atoms with E-state index in [1.807, 2.05) is 69.6 Å². The first-order valence-electron chi connectivity index (χ1n) is 14.7. The molecule has 0 saturated heterocycles. The van der Waals surface area contributed by atoms with Gasteiger partial charge < -0.3 is 43.0 Å². The Morgan fingerprint density at radius 2 is 0.889 bits per heavy atom. The van der Waals surface area contributed by atoms with E-state index in [2.05, 4.69) is 59.2 Å². The van der Waals surface area contributed by atoms with Crippen LogP contribution in [-0.2, 0) is 12.8 Å². The van der Waals surface area contributed by atoms with Crippen LogP contribution in [0.25, 0.3) is 0 Å². The van der Waals surface area contributed by atoms with Gasteiger partial charge in [-0.15, -0.1) is 0 Å². The van der Waals surface area contributed by atoms with Crippen LogP contribution in [0.15, 0.2) is 103 Å². The van der Waals surface area contributed by atoms with Crippen molar-refractivity contribution in [2.24, 2.45) is 0 Å². The predicted octanol–water partition coefficient (Wildman–Crippen LogP) is 6.98. The molecule has 0 spiro atoms. The Morgan fingerprint density at radius 3 is 1.24 bits per heavy atom. The van der Waals surface area contributed by atoms with Crippen LogP contribution in [0.2, 0.25) is 0 Å². The number of aryl methyl sites for hydroxylation is 1. The predicted molar refractivity (Wildman–Crippen MR) is 192 cm³/mol. The van der Waals surface area contributed by atoms with Gasteiger partial charge in [0.15, 0.2) is 0 Å². The van der Waals surface area contributed by atoms with Gasteiger partial charge in [0.05, 0.1) is 25.6 Å². The number of anilines is 6.